The molecule has 4 atom stereocenters. The summed E-state index contributed by atoms with van der Waals surface area (Å²) in [5.41, 5.74) is 2.46. The Morgan fingerprint density at radius 3 is 2.39 bits per heavy atom. The zero-order chi connectivity index (χ0) is 19.4. The number of carbonyl (C=O) groups excluding carboxylic acids is 1. The van der Waals surface area contributed by atoms with Gasteiger partial charge in [-0.2, -0.15) is 0 Å². The summed E-state index contributed by atoms with van der Waals surface area (Å²) in [7, 11) is 3.15. The molecular weight excluding hydrogens is 364 g/mol. The molecule has 0 saturated carbocycles. The summed E-state index contributed by atoms with van der Waals surface area (Å²) in [6.45, 7) is 0.340. The fraction of sp³-hybridized carbons (Fsp3) is 0.381. The Bertz CT molecular complexity index is 954. The van der Waals surface area contributed by atoms with Crippen LogP contribution < -0.4 is 18.9 Å². The van der Waals surface area contributed by atoms with Gasteiger partial charge >= 0.3 is 5.97 Å². The molecule has 3 aliphatic rings. The quantitative estimate of drug-likeness (QED) is 0.814. The third-order valence-electron chi connectivity index (χ3n) is 5.91. The molecule has 7 nitrogen and oxygen atoms in total. The van der Waals surface area contributed by atoms with Crippen molar-refractivity contribution in [3.8, 4) is 23.0 Å². The summed E-state index contributed by atoms with van der Waals surface area (Å²) < 4.78 is 27.2. The minimum absolute atomic E-state index is 0.143. The summed E-state index contributed by atoms with van der Waals surface area (Å²) in [6, 6.07) is 9.29. The molecule has 5 rings (SSSR count). The van der Waals surface area contributed by atoms with Crippen LogP contribution in [0.5, 0.6) is 23.0 Å². The van der Waals surface area contributed by atoms with Crippen molar-refractivity contribution in [2.75, 3.05) is 27.6 Å². The van der Waals surface area contributed by atoms with Crippen LogP contribution in [0.4, 0.5) is 0 Å². The molecule has 3 unspecified atom stereocenters. The Hall–Kier alpha value is -2.93. The zero-order valence-corrected chi connectivity index (χ0v) is 15.5. The van der Waals surface area contributed by atoms with E-state index in [9.17, 15) is 9.90 Å². The predicted molar refractivity (Wildman–Crippen MR) is 96.9 cm³/mol. The van der Waals surface area contributed by atoms with Gasteiger partial charge in [0.05, 0.1) is 32.8 Å². The first-order valence-corrected chi connectivity index (χ1v) is 9.12. The van der Waals surface area contributed by atoms with Crippen LogP contribution in [0.15, 0.2) is 30.3 Å². The van der Waals surface area contributed by atoms with Gasteiger partial charge in [-0.05, 0) is 41.0 Å². The molecule has 0 bridgehead atoms. The Morgan fingerprint density at radius 1 is 0.964 bits per heavy atom. The van der Waals surface area contributed by atoms with Crippen LogP contribution in [0.25, 0.3) is 0 Å². The van der Waals surface area contributed by atoms with Crippen molar-refractivity contribution in [2.24, 2.45) is 11.8 Å². The third-order valence-corrected chi connectivity index (χ3v) is 5.91. The van der Waals surface area contributed by atoms with Gasteiger partial charge in [-0.25, -0.2) is 0 Å². The maximum absolute atomic E-state index is 12.6. The lowest BCUT2D eigenvalue weighted by Crippen LogP contribution is -2.34. The molecule has 0 amide bonds. The van der Waals surface area contributed by atoms with E-state index in [1.54, 1.807) is 14.2 Å². The standard InChI is InChI=1S/C21H20O7/c1-24-14-4-3-10(5-15(14)25-2)18-11-6-16-17(28-9-27-16)7-12(11)20(22)13-8-26-21(23)19(13)18/h3-7,13,18-20,22H,8-9H2,1-2H3/t13?,18?,19?,20-/m0/s1. The topological polar surface area (TPSA) is 83.5 Å². The van der Waals surface area contributed by atoms with Gasteiger partial charge in [0.15, 0.2) is 23.0 Å². The first kappa shape index (κ1) is 17.2. The number of hydrogen-bond donors (Lipinski definition) is 1. The molecule has 7 heteroatoms. The van der Waals surface area contributed by atoms with E-state index in [4.69, 9.17) is 23.7 Å². The van der Waals surface area contributed by atoms with Crippen molar-refractivity contribution in [1.82, 2.24) is 0 Å². The van der Waals surface area contributed by atoms with Crippen molar-refractivity contribution in [2.45, 2.75) is 12.0 Å². The van der Waals surface area contributed by atoms with Gasteiger partial charge in [0, 0.05) is 11.8 Å². The van der Waals surface area contributed by atoms with E-state index in [1.807, 2.05) is 30.3 Å². The average Bonchev–Trinajstić information content (AvgIpc) is 3.33. The third kappa shape index (κ3) is 2.36. The zero-order valence-electron chi connectivity index (χ0n) is 15.5. The second-order valence-corrected chi connectivity index (χ2v) is 7.19. The van der Waals surface area contributed by atoms with E-state index < -0.39 is 12.0 Å². The first-order valence-electron chi connectivity index (χ1n) is 9.12. The van der Waals surface area contributed by atoms with Crippen molar-refractivity contribution in [3.63, 3.8) is 0 Å². The number of cyclic esters (lactones) is 1. The molecule has 0 aromatic heterocycles. The lowest BCUT2D eigenvalue weighted by molar-refractivity contribution is -0.141. The molecule has 0 spiro atoms. The lowest BCUT2D eigenvalue weighted by Gasteiger charge is -2.36. The predicted octanol–water partition coefficient (Wildman–Crippen LogP) is 2.40. The highest BCUT2D eigenvalue weighted by Crippen LogP contribution is 2.54. The second-order valence-electron chi connectivity index (χ2n) is 7.19. The van der Waals surface area contributed by atoms with Crippen LogP contribution >= 0.6 is 0 Å². The van der Waals surface area contributed by atoms with E-state index in [-0.39, 0.29) is 31.2 Å². The molecule has 2 heterocycles. The lowest BCUT2D eigenvalue weighted by atomic mass is 9.66. The van der Waals surface area contributed by atoms with Crippen LogP contribution in [0.3, 0.4) is 0 Å². The molecule has 28 heavy (non-hydrogen) atoms. The van der Waals surface area contributed by atoms with E-state index in [1.165, 1.54) is 0 Å². The van der Waals surface area contributed by atoms with E-state index >= 15 is 0 Å². The Morgan fingerprint density at radius 2 is 1.68 bits per heavy atom. The number of ether oxygens (including phenoxy) is 5. The number of carbonyl (C=O) groups is 1. The van der Waals surface area contributed by atoms with Crippen molar-refractivity contribution in [3.05, 3.63) is 47.0 Å². The van der Waals surface area contributed by atoms with Gasteiger partial charge in [-0.1, -0.05) is 6.07 Å². The summed E-state index contributed by atoms with van der Waals surface area (Å²) in [4.78, 5) is 12.6. The number of aliphatic hydroxyl groups is 1. The summed E-state index contributed by atoms with van der Waals surface area (Å²) in [5, 5.41) is 11.0. The first-order chi connectivity index (χ1) is 13.6. The molecule has 1 aliphatic carbocycles. The minimum Gasteiger partial charge on any atom is -0.493 e. The SMILES string of the molecule is COc1ccc(C2c3cc4c(cc3[C@H](O)C3COC(=O)C23)OCO4)cc1OC. The van der Waals surface area contributed by atoms with Crippen molar-refractivity contribution < 1.29 is 33.6 Å². The number of methoxy groups -OCH3 is 2. The van der Waals surface area contributed by atoms with Crippen LogP contribution in [0.1, 0.15) is 28.7 Å². The molecule has 146 valence electrons. The normalized spacial score (nSPS) is 27.0. The van der Waals surface area contributed by atoms with Gasteiger partial charge < -0.3 is 28.8 Å². The molecule has 2 aliphatic heterocycles. The maximum atomic E-state index is 12.6. The van der Waals surface area contributed by atoms with Gasteiger partial charge in [0.1, 0.15) is 0 Å². The molecule has 2 aromatic rings. The van der Waals surface area contributed by atoms with Gasteiger partial charge in [0.2, 0.25) is 6.79 Å². The van der Waals surface area contributed by atoms with Gasteiger partial charge in [0.25, 0.3) is 0 Å². The van der Waals surface area contributed by atoms with Crippen LogP contribution in [-0.2, 0) is 9.53 Å². The number of fused-ring (bicyclic) bond motifs is 3. The highest BCUT2D eigenvalue weighted by Gasteiger charge is 2.52. The Balaban J connectivity index is 1.71. The van der Waals surface area contributed by atoms with Crippen molar-refractivity contribution >= 4 is 5.97 Å². The maximum Gasteiger partial charge on any atom is 0.310 e. The van der Waals surface area contributed by atoms with Crippen LogP contribution in [0, 0.1) is 11.8 Å². The highest BCUT2D eigenvalue weighted by molar-refractivity contribution is 5.78. The van der Waals surface area contributed by atoms with Crippen LogP contribution in [0.2, 0.25) is 0 Å². The highest BCUT2D eigenvalue weighted by atomic mass is 16.7. The monoisotopic (exact) mass is 384 g/mol. The Kier molecular flexibility index (Phi) is 3.87. The van der Waals surface area contributed by atoms with E-state index in [2.05, 4.69) is 0 Å². The largest absolute Gasteiger partial charge is 0.493 e. The summed E-state index contributed by atoms with van der Waals surface area (Å²) >= 11 is 0. The summed E-state index contributed by atoms with van der Waals surface area (Å²) in [5.74, 6) is 1.00. The molecule has 0 radical (unpaired) electrons. The Labute approximate surface area is 161 Å². The second kappa shape index (κ2) is 6.31. The fourth-order valence-electron chi connectivity index (χ4n) is 4.58. The minimum atomic E-state index is -0.808. The van der Waals surface area contributed by atoms with E-state index in [0.29, 0.717) is 23.0 Å². The number of esters is 1. The number of benzene rings is 2. The fourth-order valence-corrected chi connectivity index (χ4v) is 4.58. The van der Waals surface area contributed by atoms with Crippen LogP contribution in [-0.4, -0.2) is 38.7 Å². The van der Waals surface area contributed by atoms with E-state index in [0.717, 1.165) is 16.7 Å². The molecule has 1 N–H and O–H groups in total. The molecular formula is C21H20O7. The average molecular weight is 384 g/mol. The van der Waals surface area contributed by atoms with Gasteiger partial charge in [-0.15, -0.1) is 0 Å². The molecule has 1 fully saturated rings. The summed E-state index contributed by atoms with van der Waals surface area (Å²) in [6.07, 6.45) is -0.808. The van der Waals surface area contributed by atoms with Crippen molar-refractivity contribution in [1.29, 1.82) is 0 Å². The molecule has 1 saturated heterocycles. The number of hydrogen-bond acceptors (Lipinski definition) is 7. The number of aliphatic hydroxyl groups excluding tert-OH is 1. The molecule has 2 aromatic carbocycles. The number of rotatable bonds is 3. The smallest absolute Gasteiger partial charge is 0.310 e. The van der Waals surface area contributed by atoms with Gasteiger partial charge in [-0.3, -0.25) is 4.79 Å².